The second-order valence-corrected chi connectivity index (χ2v) is 7.76. The molecule has 4 aromatic rings. The van der Waals surface area contributed by atoms with Crippen molar-refractivity contribution >= 4 is 17.3 Å². The van der Waals surface area contributed by atoms with E-state index in [1.54, 1.807) is 28.2 Å². The smallest absolute Gasteiger partial charge is 0.248 e. The highest BCUT2D eigenvalue weighted by molar-refractivity contribution is 7.15. The molecule has 1 aliphatic rings. The molecule has 5 rings (SSSR count). The maximum Gasteiger partial charge on any atom is 0.248 e. The average molecular weight is 392 g/mol. The van der Waals surface area contributed by atoms with Crippen LogP contribution >= 0.6 is 11.3 Å². The molecule has 0 amide bonds. The molecule has 0 bridgehead atoms. The van der Waals surface area contributed by atoms with Gasteiger partial charge in [0.2, 0.25) is 5.95 Å². The number of hydrogen-bond acceptors (Lipinski definition) is 6. The second-order valence-electron chi connectivity index (χ2n) is 6.67. The molecule has 1 N–H and O–H groups in total. The number of halogens is 1. The molecule has 6 nitrogen and oxygen atoms in total. The van der Waals surface area contributed by atoms with Gasteiger partial charge < -0.3 is 5.32 Å². The zero-order chi connectivity index (χ0) is 18.9. The summed E-state index contributed by atoms with van der Waals surface area (Å²) in [5, 5.41) is 16.5. The summed E-state index contributed by atoms with van der Waals surface area (Å²) in [6, 6.07) is 16.3. The Morgan fingerprint density at radius 1 is 1.07 bits per heavy atom. The number of rotatable bonds is 4. The maximum atomic E-state index is 13.2. The van der Waals surface area contributed by atoms with E-state index in [4.69, 9.17) is 4.98 Å². The molecular weight excluding hydrogens is 375 g/mol. The number of tetrazole rings is 1. The normalized spacial score (nSPS) is 16.0. The van der Waals surface area contributed by atoms with E-state index in [1.807, 2.05) is 30.3 Å². The van der Waals surface area contributed by atoms with Gasteiger partial charge in [0.25, 0.3) is 0 Å². The number of para-hydroxylation sites is 1. The van der Waals surface area contributed by atoms with Crippen molar-refractivity contribution in [2.24, 2.45) is 0 Å². The van der Waals surface area contributed by atoms with Gasteiger partial charge in [-0.3, -0.25) is 0 Å². The zero-order valence-electron chi connectivity index (χ0n) is 14.9. The molecule has 0 aliphatic heterocycles. The molecule has 1 atom stereocenters. The SMILES string of the molecule is Fc1ccc(-c2nc3c(s2)CCCC3Nc2nnnn2-c2ccccc2)cc1. The number of benzene rings is 2. The van der Waals surface area contributed by atoms with Gasteiger partial charge in [0.1, 0.15) is 10.8 Å². The number of nitrogens with one attached hydrogen (secondary N) is 1. The summed E-state index contributed by atoms with van der Waals surface area (Å²) in [5.74, 6) is 0.359. The predicted molar refractivity (Wildman–Crippen MR) is 106 cm³/mol. The van der Waals surface area contributed by atoms with Gasteiger partial charge in [0, 0.05) is 10.4 Å². The van der Waals surface area contributed by atoms with E-state index in [1.165, 1.54) is 17.0 Å². The van der Waals surface area contributed by atoms with E-state index < -0.39 is 0 Å². The molecule has 0 saturated carbocycles. The number of nitrogens with zero attached hydrogens (tertiary/aromatic N) is 5. The minimum absolute atomic E-state index is 0.0441. The molecule has 8 heteroatoms. The number of fused-ring (bicyclic) bond motifs is 1. The Hall–Kier alpha value is -3.13. The van der Waals surface area contributed by atoms with Gasteiger partial charge in [-0.1, -0.05) is 23.3 Å². The van der Waals surface area contributed by atoms with Crippen LogP contribution in [0.3, 0.4) is 0 Å². The van der Waals surface area contributed by atoms with E-state index in [2.05, 4.69) is 20.8 Å². The van der Waals surface area contributed by atoms with Gasteiger partial charge in [-0.25, -0.2) is 9.37 Å². The largest absolute Gasteiger partial charge is 0.344 e. The third kappa shape index (κ3) is 3.16. The van der Waals surface area contributed by atoms with Crippen LogP contribution in [0.5, 0.6) is 0 Å². The Balaban J connectivity index is 1.45. The minimum atomic E-state index is -0.239. The van der Waals surface area contributed by atoms with Crippen molar-refractivity contribution in [2.45, 2.75) is 25.3 Å². The number of anilines is 1. The second kappa shape index (κ2) is 7.12. The molecule has 2 heterocycles. The number of aryl methyl sites for hydroxylation is 1. The van der Waals surface area contributed by atoms with Crippen LogP contribution in [-0.2, 0) is 6.42 Å². The van der Waals surface area contributed by atoms with Crippen molar-refractivity contribution in [3.05, 3.63) is 71.0 Å². The molecule has 0 spiro atoms. The van der Waals surface area contributed by atoms with E-state index in [-0.39, 0.29) is 11.9 Å². The molecule has 1 aliphatic carbocycles. The van der Waals surface area contributed by atoms with Gasteiger partial charge in [-0.05, 0) is 66.1 Å². The first-order chi connectivity index (χ1) is 13.8. The Kier molecular flexibility index (Phi) is 4.32. The lowest BCUT2D eigenvalue weighted by Gasteiger charge is -2.22. The Morgan fingerprint density at radius 2 is 1.89 bits per heavy atom. The van der Waals surface area contributed by atoms with Gasteiger partial charge >= 0.3 is 0 Å². The molecule has 2 aromatic heterocycles. The lowest BCUT2D eigenvalue weighted by atomic mass is 9.98. The van der Waals surface area contributed by atoms with Crippen LogP contribution in [-0.4, -0.2) is 25.2 Å². The first-order valence-corrected chi connectivity index (χ1v) is 9.95. The summed E-state index contributed by atoms with van der Waals surface area (Å²) in [6.45, 7) is 0. The maximum absolute atomic E-state index is 13.2. The van der Waals surface area contributed by atoms with Gasteiger partial charge in [0.15, 0.2) is 0 Å². The predicted octanol–water partition coefficient (Wildman–Crippen LogP) is 4.41. The first-order valence-electron chi connectivity index (χ1n) is 9.14. The van der Waals surface area contributed by atoms with Gasteiger partial charge in [0.05, 0.1) is 17.4 Å². The van der Waals surface area contributed by atoms with Crippen molar-refractivity contribution in [1.29, 1.82) is 0 Å². The summed E-state index contributed by atoms with van der Waals surface area (Å²) < 4.78 is 14.9. The van der Waals surface area contributed by atoms with Crippen LogP contribution in [0, 0.1) is 5.82 Å². The highest BCUT2D eigenvalue weighted by Gasteiger charge is 2.26. The van der Waals surface area contributed by atoms with E-state index in [0.29, 0.717) is 5.95 Å². The molecule has 0 fully saturated rings. The van der Waals surface area contributed by atoms with Crippen LogP contribution in [0.1, 0.15) is 29.5 Å². The van der Waals surface area contributed by atoms with Crippen molar-refractivity contribution < 1.29 is 4.39 Å². The number of thiazole rings is 1. The van der Waals surface area contributed by atoms with Crippen LogP contribution in [0.4, 0.5) is 10.3 Å². The topological polar surface area (TPSA) is 68.5 Å². The molecular formula is C20H17FN6S. The highest BCUT2D eigenvalue weighted by Crippen LogP contribution is 2.38. The summed E-state index contributed by atoms with van der Waals surface area (Å²) in [4.78, 5) is 6.14. The van der Waals surface area contributed by atoms with Crippen LogP contribution in [0.25, 0.3) is 16.3 Å². The zero-order valence-corrected chi connectivity index (χ0v) is 15.7. The molecule has 0 saturated heterocycles. The Labute approximate surface area is 165 Å². The standard InChI is InChI=1S/C20H17FN6S/c21-14-11-9-13(10-12-14)19-23-18-16(7-4-8-17(18)28-19)22-20-24-25-26-27(20)15-5-2-1-3-6-15/h1-3,5-6,9-12,16H,4,7-8H2,(H,22,24,26). The highest BCUT2D eigenvalue weighted by atomic mass is 32.1. The van der Waals surface area contributed by atoms with E-state index in [9.17, 15) is 4.39 Å². The average Bonchev–Trinajstić information content (AvgIpc) is 3.37. The molecule has 140 valence electrons. The van der Waals surface area contributed by atoms with E-state index >= 15 is 0 Å². The first kappa shape index (κ1) is 17.0. The Morgan fingerprint density at radius 3 is 2.71 bits per heavy atom. The molecule has 1 unspecified atom stereocenters. The van der Waals surface area contributed by atoms with Crippen molar-refractivity contribution in [2.75, 3.05) is 5.32 Å². The summed E-state index contributed by atoms with van der Waals surface area (Å²) in [7, 11) is 0. The fourth-order valence-electron chi connectivity index (χ4n) is 3.45. The third-order valence-electron chi connectivity index (χ3n) is 4.82. The van der Waals surface area contributed by atoms with Crippen LogP contribution in [0.2, 0.25) is 0 Å². The third-order valence-corrected chi connectivity index (χ3v) is 6.00. The summed E-state index contributed by atoms with van der Waals surface area (Å²) in [6.07, 6.45) is 3.04. The van der Waals surface area contributed by atoms with Gasteiger partial charge in [-0.2, -0.15) is 4.68 Å². The van der Waals surface area contributed by atoms with Gasteiger partial charge in [-0.15, -0.1) is 11.3 Å². The fourth-order valence-corrected chi connectivity index (χ4v) is 4.62. The van der Waals surface area contributed by atoms with Crippen molar-refractivity contribution in [1.82, 2.24) is 25.2 Å². The lowest BCUT2D eigenvalue weighted by molar-refractivity contribution is 0.588. The monoisotopic (exact) mass is 392 g/mol. The quantitative estimate of drug-likeness (QED) is 0.557. The fraction of sp³-hybridized carbons (Fsp3) is 0.200. The molecule has 0 radical (unpaired) electrons. The van der Waals surface area contributed by atoms with E-state index in [0.717, 1.165) is 41.2 Å². The number of hydrogen-bond donors (Lipinski definition) is 1. The number of aromatic nitrogens is 5. The minimum Gasteiger partial charge on any atom is -0.344 e. The molecule has 2 aromatic carbocycles. The summed E-state index contributed by atoms with van der Waals surface area (Å²) >= 11 is 1.68. The summed E-state index contributed by atoms with van der Waals surface area (Å²) in [5.41, 5.74) is 2.88. The van der Waals surface area contributed by atoms with Crippen LogP contribution in [0.15, 0.2) is 54.6 Å². The molecule has 28 heavy (non-hydrogen) atoms. The van der Waals surface area contributed by atoms with Crippen LogP contribution < -0.4 is 5.32 Å². The lowest BCUT2D eigenvalue weighted by Crippen LogP contribution is -2.19. The van der Waals surface area contributed by atoms with Crippen molar-refractivity contribution in [3.63, 3.8) is 0 Å². The van der Waals surface area contributed by atoms with Crippen molar-refractivity contribution in [3.8, 4) is 16.3 Å². The Bertz CT molecular complexity index is 1090.